The summed E-state index contributed by atoms with van der Waals surface area (Å²) in [5.74, 6) is -0.933. The second-order valence-corrected chi connectivity index (χ2v) is 5.29. The summed E-state index contributed by atoms with van der Waals surface area (Å²) in [5.41, 5.74) is 2.70. The van der Waals surface area contributed by atoms with E-state index in [1.807, 2.05) is 18.2 Å². The van der Waals surface area contributed by atoms with Crippen molar-refractivity contribution in [2.24, 2.45) is 0 Å². The van der Waals surface area contributed by atoms with E-state index < -0.39 is 5.97 Å². The Kier molecular flexibility index (Phi) is 4.53. The summed E-state index contributed by atoms with van der Waals surface area (Å²) in [6.45, 7) is 2.29. The number of carboxylic acids is 1. The molecule has 0 fully saturated rings. The van der Waals surface area contributed by atoms with Gasteiger partial charge in [0, 0.05) is 22.3 Å². The summed E-state index contributed by atoms with van der Waals surface area (Å²) < 4.78 is 0. The Morgan fingerprint density at radius 1 is 1.20 bits per heavy atom. The van der Waals surface area contributed by atoms with E-state index in [4.69, 9.17) is 28.3 Å². The number of aromatic carboxylic acids is 1. The molecule has 0 saturated carbocycles. The minimum atomic E-state index is -0.933. The summed E-state index contributed by atoms with van der Waals surface area (Å²) in [6, 6.07) is 10.4. The monoisotopic (exact) mass is 309 g/mol. The van der Waals surface area contributed by atoms with Crippen LogP contribution in [0.3, 0.4) is 0 Å². The molecule has 2 aromatic carbocycles. The first kappa shape index (κ1) is 14.7. The minimum Gasteiger partial charge on any atom is -0.478 e. The van der Waals surface area contributed by atoms with Crippen molar-refractivity contribution in [3.05, 3.63) is 63.1 Å². The molecule has 0 aliphatic rings. The SMILES string of the molecule is Cc1c(NCc2cc(Cl)cc(Cl)c2)cccc1C(=O)O. The quantitative estimate of drug-likeness (QED) is 0.867. The Labute approximate surface area is 127 Å². The van der Waals surface area contributed by atoms with Gasteiger partial charge < -0.3 is 10.4 Å². The van der Waals surface area contributed by atoms with E-state index in [1.165, 1.54) is 0 Å². The van der Waals surface area contributed by atoms with Crippen molar-refractivity contribution >= 4 is 34.9 Å². The highest BCUT2D eigenvalue weighted by molar-refractivity contribution is 6.34. The van der Waals surface area contributed by atoms with Crippen LogP contribution in [0, 0.1) is 6.92 Å². The Morgan fingerprint density at radius 3 is 2.45 bits per heavy atom. The fourth-order valence-electron chi connectivity index (χ4n) is 1.97. The Morgan fingerprint density at radius 2 is 1.85 bits per heavy atom. The average Bonchev–Trinajstić information content (AvgIpc) is 2.36. The summed E-state index contributed by atoms with van der Waals surface area (Å²) >= 11 is 11.9. The van der Waals surface area contributed by atoms with Gasteiger partial charge in [0.25, 0.3) is 0 Å². The van der Waals surface area contributed by atoms with E-state index >= 15 is 0 Å². The molecule has 5 heteroatoms. The number of halogens is 2. The zero-order chi connectivity index (χ0) is 14.7. The molecule has 0 unspecified atom stereocenters. The maximum absolute atomic E-state index is 11.1. The van der Waals surface area contributed by atoms with Gasteiger partial charge in [0.05, 0.1) is 5.56 Å². The predicted octanol–water partition coefficient (Wildman–Crippen LogP) is 4.61. The number of carboxylic acid groups (broad SMARTS) is 1. The highest BCUT2D eigenvalue weighted by atomic mass is 35.5. The van der Waals surface area contributed by atoms with Gasteiger partial charge in [0.1, 0.15) is 0 Å². The van der Waals surface area contributed by atoms with Gasteiger partial charge in [0.2, 0.25) is 0 Å². The molecule has 2 aromatic rings. The van der Waals surface area contributed by atoms with Crippen molar-refractivity contribution in [3.63, 3.8) is 0 Å². The van der Waals surface area contributed by atoms with Gasteiger partial charge in [-0.05, 0) is 48.4 Å². The second kappa shape index (κ2) is 6.16. The number of hydrogen-bond donors (Lipinski definition) is 2. The molecule has 3 nitrogen and oxygen atoms in total. The highest BCUT2D eigenvalue weighted by Gasteiger charge is 2.09. The van der Waals surface area contributed by atoms with Crippen molar-refractivity contribution < 1.29 is 9.90 Å². The fraction of sp³-hybridized carbons (Fsp3) is 0.133. The summed E-state index contributed by atoms with van der Waals surface area (Å²) in [4.78, 5) is 11.1. The molecule has 0 bridgehead atoms. The maximum Gasteiger partial charge on any atom is 0.336 e. The molecule has 0 aromatic heterocycles. The van der Waals surface area contributed by atoms with E-state index in [0.717, 1.165) is 11.3 Å². The third-order valence-electron chi connectivity index (χ3n) is 2.97. The van der Waals surface area contributed by atoms with Gasteiger partial charge >= 0.3 is 5.97 Å². The van der Waals surface area contributed by atoms with Crippen LogP contribution in [0.5, 0.6) is 0 Å². The molecule has 104 valence electrons. The Bertz CT molecular complexity index is 636. The number of benzene rings is 2. The topological polar surface area (TPSA) is 49.3 Å². The lowest BCUT2D eigenvalue weighted by atomic mass is 10.1. The van der Waals surface area contributed by atoms with Crippen molar-refractivity contribution in [1.29, 1.82) is 0 Å². The first-order valence-corrected chi connectivity index (χ1v) is 6.74. The number of nitrogens with one attached hydrogen (secondary N) is 1. The third kappa shape index (κ3) is 3.44. The lowest BCUT2D eigenvalue weighted by molar-refractivity contribution is 0.0696. The minimum absolute atomic E-state index is 0.291. The molecular formula is C15H13Cl2NO2. The van der Waals surface area contributed by atoms with E-state index in [1.54, 1.807) is 25.1 Å². The van der Waals surface area contributed by atoms with E-state index in [2.05, 4.69) is 5.32 Å². The largest absolute Gasteiger partial charge is 0.478 e. The second-order valence-electron chi connectivity index (χ2n) is 4.41. The highest BCUT2D eigenvalue weighted by Crippen LogP contribution is 2.22. The average molecular weight is 310 g/mol. The number of anilines is 1. The van der Waals surface area contributed by atoms with E-state index in [-0.39, 0.29) is 0 Å². The van der Waals surface area contributed by atoms with Crippen molar-refractivity contribution in [2.45, 2.75) is 13.5 Å². The molecule has 0 spiro atoms. The third-order valence-corrected chi connectivity index (χ3v) is 3.41. The lowest BCUT2D eigenvalue weighted by Crippen LogP contribution is -2.05. The molecule has 0 radical (unpaired) electrons. The van der Waals surface area contributed by atoms with Gasteiger partial charge in [-0.2, -0.15) is 0 Å². The molecular weight excluding hydrogens is 297 g/mol. The molecule has 0 atom stereocenters. The van der Waals surface area contributed by atoms with E-state index in [9.17, 15) is 4.79 Å². The molecule has 20 heavy (non-hydrogen) atoms. The van der Waals surface area contributed by atoms with Crippen LogP contribution >= 0.6 is 23.2 Å². The van der Waals surface area contributed by atoms with Crippen LogP contribution in [-0.2, 0) is 6.54 Å². The van der Waals surface area contributed by atoms with E-state index in [0.29, 0.717) is 27.7 Å². The first-order valence-electron chi connectivity index (χ1n) is 5.99. The lowest BCUT2D eigenvalue weighted by Gasteiger charge is -2.12. The first-order chi connectivity index (χ1) is 9.47. The summed E-state index contributed by atoms with van der Waals surface area (Å²) in [6.07, 6.45) is 0. The van der Waals surface area contributed by atoms with Crippen LogP contribution in [0.2, 0.25) is 10.0 Å². The molecule has 0 heterocycles. The van der Waals surface area contributed by atoms with Crippen LogP contribution < -0.4 is 5.32 Å². The van der Waals surface area contributed by atoms with Gasteiger partial charge in [-0.15, -0.1) is 0 Å². The molecule has 0 saturated heterocycles. The molecule has 0 amide bonds. The number of hydrogen-bond acceptors (Lipinski definition) is 2. The van der Waals surface area contributed by atoms with Crippen molar-refractivity contribution in [1.82, 2.24) is 0 Å². The van der Waals surface area contributed by atoms with Gasteiger partial charge in [-0.1, -0.05) is 29.3 Å². The zero-order valence-corrected chi connectivity index (χ0v) is 12.3. The summed E-state index contributed by atoms with van der Waals surface area (Å²) in [7, 11) is 0. The van der Waals surface area contributed by atoms with Crippen LogP contribution in [0.1, 0.15) is 21.5 Å². The molecule has 2 N–H and O–H groups in total. The smallest absolute Gasteiger partial charge is 0.336 e. The van der Waals surface area contributed by atoms with Crippen molar-refractivity contribution in [3.8, 4) is 0 Å². The summed E-state index contributed by atoms with van der Waals surface area (Å²) in [5, 5.41) is 13.4. The normalized spacial score (nSPS) is 10.3. The van der Waals surface area contributed by atoms with Gasteiger partial charge in [-0.3, -0.25) is 0 Å². The van der Waals surface area contributed by atoms with Crippen LogP contribution in [-0.4, -0.2) is 11.1 Å². The molecule has 0 aliphatic heterocycles. The Hall–Kier alpha value is -1.71. The van der Waals surface area contributed by atoms with Crippen molar-refractivity contribution in [2.75, 3.05) is 5.32 Å². The Balaban J connectivity index is 2.19. The standard InChI is InChI=1S/C15H13Cl2NO2/c1-9-13(15(19)20)3-2-4-14(9)18-8-10-5-11(16)7-12(17)6-10/h2-7,18H,8H2,1H3,(H,19,20). The van der Waals surface area contributed by atoms with Crippen LogP contribution in [0.4, 0.5) is 5.69 Å². The predicted molar refractivity (Wildman–Crippen MR) is 81.9 cm³/mol. The van der Waals surface area contributed by atoms with Gasteiger partial charge in [0.15, 0.2) is 0 Å². The number of carbonyl (C=O) groups is 1. The maximum atomic E-state index is 11.1. The van der Waals surface area contributed by atoms with Crippen LogP contribution in [0.15, 0.2) is 36.4 Å². The zero-order valence-electron chi connectivity index (χ0n) is 10.8. The van der Waals surface area contributed by atoms with Crippen LogP contribution in [0.25, 0.3) is 0 Å². The number of rotatable bonds is 4. The molecule has 0 aliphatic carbocycles. The fourth-order valence-corrected chi connectivity index (χ4v) is 2.54. The van der Waals surface area contributed by atoms with Gasteiger partial charge in [-0.25, -0.2) is 4.79 Å². The molecule has 2 rings (SSSR count).